The van der Waals surface area contributed by atoms with Gasteiger partial charge in [-0.2, -0.15) is 0 Å². The van der Waals surface area contributed by atoms with Gasteiger partial charge in [0.25, 0.3) is 0 Å². The van der Waals surface area contributed by atoms with Crippen molar-refractivity contribution in [3.63, 3.8) is 0 Å². The van der Waals surface area contributed by atoms with Crippen molar-refractivity contribution in [1.82, 2.24) is 0 Å². The summed E-state index contributed by atoms with van der Waals surface area (Å²) in [5, 5.41) is 18.3. The monoisotopic (exact) mass is 614 g/mol. The lowest BCUT2D eigenvalue weighted by Gasteiger charge is -2.14. The van der Waals surface area contributed by atoms with E-state index in [9.17, 15) is 0 Å². The van der Waals surface area contributed by atoms with Crippen LogP contribution in [0.15, 0.2) is 158 Å². The lowest BCUT2D eigenvalue weighted by Crippen LogP contribution is -1.98. The van der Waals surface area contributed by atoms with Crippen LogP contribution in [0.2, 0.25) is 0 Å². The van der Waals surface area contributed by atoms with Crippen LogP contribution >= 0.6 is 0 Å². The molecular weight excluding hydrogens is 573 g/mol. The van der Waals surface area contributed by atoms with Gasteiger partial charge < -0.3 is 21.9 Å². The Kier molecular flexibility index (Phi) is 12.2. The van der Waals surface area contributed by atoms with Gasteiger partial charge in [-0.05, 0) is 107 Å². The fourth-order valence-electron chi connectivity index (χ4n) is 4.99. The molecule has 0 radical (unpaired) electrons. The number of nitrogens with two attached hydrogens (primary N) is 1. The molecule has 0 aromatic heterocycles. The van der Waals surface area contributed by atoms with Gasteiger partial charge in [0, 0.05) is 35.1 Å². The van der Waals surface area contributed by atoms with E-state index in [1.54, 1.807) is 12.2 Å². The Labute approximate surface area is 279 Å². The van der Waals surface area contributed by atoms with E-state index in [1.165, 1.54) is 18.0 Å². The molecule has 0 spiro atoms. The SMILES string of the molecule is C=C(/C=C\C=N)/C(N)=C/C=C\Cc1ccc(C(=C)/C=C\c2cc(-c3ccc(/C(C=N)=C/C)cc3)ccc2C)c(Nc2ccccc2)c1. The van der Waals surface area contributed by atoms with Crippen LogP contribution in [0, 0.1) is 17.7 Å². The zero-order valence-corrected chi connectivity index (χ0v) is 27.1. The molecule has 0 fully saturated rings. The Morgan fingerprint density at radius 1 is 0.851 bits per heavy atom. The van der Waals surface area contributed by atoms with E-state index < -0.39 is 0 Å². The summed E-state index contributed by atoms with van der Waals surface area (Å²) in [6.07, 6.45) is 18.6. The Bertz CT molecular complexity index is 1900. The molecule has 4 aromatic carbocycles. The second kappa shape index (κ2) is 16.9. The Morgan fingerprint density at radius 2 is 1.60 bits per heavy atom. The first-order valence-corrected chi connectivity index (χ1v) is 15.5. The standard InChI is InChI=1S/C43H42N4/c1-5-35(30-45)36-22-24-37(25-23-36)39-21-17-31(2)38(29-39)20-18-32(3)41-26-19-34(28-43(41)47-40-14-7-6-8-15-40)13-9-10-16-42(46)33(4)12-11-27-44/h5-12,14-30,44-45,47H,3-4,13,46H2,1-2H3/b10-9-,12-11-,20-18-,35-5+,42-16-,44-27?,45-30?. The van der Waals surface area contributed by atoms with E-state index in [2.05, 4.69) is 104 Å². The minimum absolute atomic E-state index is 0.560. The van der Waals surface area contributed by atoms with Crippen molar-refractivity contribution in [3.8, 4) is 11.1 Å². The van der Waals surface area contributed by atoms with Crippen LogP contribution in [-0.2, 0) is 6.42 Å². The van der Waals surface area contributed by atoms with Crippen molar-refractivity contribution in [2.45, 2.75) is 20.3 Å². The predicted molar refractivity (Wildman–Crippen MR) is 205 cm³/mol. The predicted octanol–water partition coefficient (Wildman–Crippen LogP) is 10.9. The molecule has 47 heavy (non-hydrogen) atoms. The first-order valence-electron chi connectivity index (χ1n) is 15.5. The third-order valence-corrected chi connectivity index (χ3v) is 7.77. The van der Waals surface area contributed by atoms with Gasteiger partial charge in [0.1, 0.15) is 0 Å². The molecule has 5 N–H and O–H groups in total. The first kappa shape index (κ1) is 33.9. The van der Waals surface area contributed by atoms with Crippen molar-refractivity contribution in [1.29, 1.82) is 10.8 Å². The maximum absolute atomic E-state index is 7.63. The topological polar surface area (TPSA) is 85.8 Å². The molecule has 0 atom stereocenters. The van der Waals surface area contributed by atoms with Crippen LogP contribution in [0.5, 0.6) is 0 Å². The molecule has 0 amide bonds. The van der Waals surface area contributed by atoms with Gasteiger partial charge in [0.15, 0.2) is 0 Å². The van der Waals surface area contributed by atoms with E-state index in [-0.39, 0.29) is 0 Å². The number of rotatable bonds is 14. The number of benzene rings is 4. The molecule has 0 aliphatic rings. The van der Waals surface area contributed by atoms with Gasteiger partial charge in [-0.3, -0.25) is 0 Å². The molecular formula is C43H42N4. The highest BCUT2D eigenvalue weighted by Crippen LogP contribution is 2.30. The molecule has 0 saturated heterocycles. The highest BCUT2D eigenvalue weighted by molar-refractivity contribution is 6.08. The minimum atomic E-state index is 0.560. The van der Waals surface area contributed by atoms with Crippen LogP contribution in [0.1, 0.15) is 34.7 Å². The summed E-state index contributed by atoms with van der Waals surface area (Å²) < 4.78 is 0. The Morgan fingerprint density at radius 3 is 2.30 bits per heavy atom. The number of allylic oxidation sites excluding steroid dienone is 9. The number of nitrogens with one attached hydrogen (secondary N) is 3. The lowest BCUT2D eigenvalue weighted by atomic mass is 9.96. The third-order valence-electron chi connectivity index (χ3n) is 7.77. The van der Waals surface area contributed by atoms with E-state index in [4.69, 9.17) is 16.6 Å². The lowest BCUT2D eigenvalue weighted by molar-refractivity contribution is 1.26. The molecule has 4 rings (SSSR count). The average Bonchev–Trinajstić information content (AvgIpc) is 3.10. The van der Waals surface area contributed by atoms with Crippen molar-refractivity contribution < 1.29 is 0 Å². The molecule has 0 unspecified atom stereocenters. The smallest absolute Gasteiger partial charge is 0.0466 e. The van der Waals surface area contributed by atoms with E-state index in [0.717, 1.165) is 62.3 Å². The highest BCUT2D eigenvalue weighted by Gasteiger charge is 2.08. The number of aryl methyl sites for hydroxylation is 1. The summed E-state index contributed by atoms with van der Waals surface area (Å²) in [5.74, 6) is 0. The Hall–Kier alpha value is -6.00. The normalized spacial score (nSPS) is 12.1. The quantitative estimate of drug-likeness (QED) is 0.0841. The fraction of sp³-hybridized carbons (Fsp3) is 0.0698. The Balaban J connectivity index is 1.57. The van der Waals surface area contributed by atoms with Gasteiger partial charge in [0.05, 0.1) is 0 Å². The van der Waals surface area contributed by atoms with Gasteiger partial charge in [0.2, 0.25) is 0 Å². The molecule has 4 nitrogen and oxygen atoms in total. The molecule has 4 heteroatoms. The van der Waals surface area contributed by atoms with Gasteiger partial charge in [-0.1, -0.05) is 116 Å². The number of hydrogen-bond donors (Lipinski definition) is 4. The molecule has 0 bridgehead atoms. The van der Waals surface area contributed by atoms with Gasteiger partial charge in [-0.25, -0.2) is 0 Å². The molecule has 0 aliphatic carbocycles. The minimum Gasteiger partial charge on any atom is -0.398 e. The van der Waals surface area contributed by atoms with E-state index >= 15 is 0 Å². The van der Waals surface area contributed by atoms with E-state index in [0.29, 0.717) is 11.3 Å². The maximum atomic E-state index is 7.63. The van der Waals surface area contributed by atoms with Crippen molar-refractivity contribution >= 4 is 41.0 Å². The second-order valence-corrected chi connectivity index (χ2v) is 11.1. The molecule has 0 saturated carbocycles. The molecule has 0 heterocycles. The fourth-order valence-corrected chi connectivity index (χ4v) is 4.99. The summed E-state index contributed by atoms with van der Waals surface area (Å²) in [7, 11) is 0. The molecule has 4 aromatic rings. The third kappa shape index (κ3) is 9.49. The highest BCUT2D eigenvalue weighted by atomic mass is 14.9. The average molecular weight is 615 g/mol. The summed E-state index contributed by atoms with van der Waals surface area (Å²) in [4.78, 5) is 0. The van der Waals surface area contributed by atoms with Crippen LogP contribution in [0.4, 0.5) is 11.4 Å². The largest absolute Gasteiger partial charge is 0.398 e. The van der Waals surface area contributed by atoms with Crippen molar-refractivity contribution in [2.24, 2.45) is 5.73 Å². The van der Waals surface area contributed by atoms with Gasteiger partial charge in [-0.15, -0.1) is 0 Å². The van der Waals surface area contributed by atoms with Crippen LogP contribution < -0.4 is 11.1 Å². The van der Waals surface area contributed by atoms with Gasteiger partial charge >= 0.3 is 0 Å². The number of para-hydroxylation sites is 1. The maximum Gasteiger partial charge on any atom is 0.0466 e. The molecule has 234 valence electrons. The zero-order valence-electron chi connectivity index (χ0n) is 27.1. The van der Waals surface area contributed by atoms with Crippen LogP contribution in [-0.4, -0.2) is 12.4 Å². The zero-order chi connectivity index (χ0) is 33.6. The van der Waals surface area contributed by atoms with Crippen LogP contribution in [0.3, 0.4) is 0 Å². The summed E-state index contributed by atoms with van der Waals surface area (Å²) in [5.41, 5.74) is 18.9. The summed E-state index contributed by atoms with van der Waals surface area (Å²) in [6.45, 7) is 12.4. The number of anilines is 2. The summed E-state index contributed by atoms with van der Waals surface area (Å²) in [6, 6.07) is 31.4. The number of hydrogen-bond acceptors (Lipinski definition) is 4. The molecule has 0 aliphatic heterocycles. The second-order valence-electron chi connectivity index (χ2n) is 11.1. The van der Waals surface area contributed by atoms with E-state index in [1.807, 2.05) is 55.5 Å². The first-order chi connectivity index (χ1) is 22.8. The van der Waals surface area contributed by atoms with Crippen molar-refractivity contribution in [2.75, 3.05) is 5.32 Å². The summed E-state index contributed by atoms with van der Waals surface area (Å²) >= 11 is 0. The van der Waals surface area contributed by atoms with Crippen molar-refractivity contribution in [3.05, 3.63) is 186 Å². The van der Waals surface area contributed by atoms with Crippen LogP contribution in [0.25, 0.3) is 28.3 Å².